The Labute approximate surface area is 86.0 Å². The Hall–Kier alpha value is 0.0700. The van der Waals surface area contributed by atoms with Crippen molar-refractivity contribution in [1.82, 2.24) is 6.15 Å². The van der Waals surface area contributed by atoms with Crippen molar-refractivity contribution in [2.75, 3.05) is 0 Å². The van der Waals surface area contributed by atoms with Gasteiger partial charge in [0, 0.05) is 0 Å². The highest BCUT2D eigenvalue weighted by Gasteiger charge is 2.25. The Balaban J connectivity index is 0. The van der Waals surface area contributed by atoms with Gasteiger partial charge in [-0.15, -0.1) is 0 Å². The van der Waals surface area contributed by atoms with Gasteiger partial charge in [-0.1, -0.05) is 0 Å². The normalized spacial score (nSPS) is 13.6. The first kappa shape index (κ1) is 16.5. The second-order valence-corrected chi connectivity index (χ2v) is 6.11. The van der Waals surface area contributed by atoms with E-state index in [0.29, 0.717) is 0 Å². The molecule has 0 aliphatic heterocycles. The zero-order valence-corrected chi connectivity index (χ0v) is 11.0. The lowest BCUT2D eigenvalue weighted by atomic mass is 10.2. The highest BCUT2D eigenvalue weighted by Crippen LogP contribution is 2.46. The number of phosphoric ester groups is 1. The van der Waals surface area contributed by atoms with Gasteiger partial charge >= 0.3 is 0 Å². The van der Waals surface area contributed by atoms with E-state index in [1.54, 1.807) is 41.5 Å². The van der Waals surface area contributed by atoms with E-state index >= 15 is 0 Å². The summed E-state index contributed by atoms with van der Waals surface area (Å²) in [5, 5.41) is 0. The van der Waals surface area contributed by atoms with Crippen LogP contribution in [0.2, 0.25) is 0 Å². The molecule has 14 heavy (non-hydrogen) atoms. The van der Waals surface area contributed by atoms with Crippen LogP contribution in [0.3, 0.4) is 0 Å². The molecule has 4 N–H and O–H groups in total. The summed E-state index contributed by atoms with van der Waals surface area (Å²) in [6.45, 7) is 9.94. The summed E-state index contributed by atoms with van der Waals surface area (Å²) in [7, 11) is -4.19. The van der Waals surface area contributed by atoms with Gasteiger partial charge in [0.2, 0.25) is 0 Å². The second-order valence-electron chi connectivity index (χ2n) is 4.85. The summed E-state index contributed by atoms with van der Waals surface area (Å²) in [5.41, 5.74) is -1.49. The molecule has 0 unspecified atom stereocenters. The van der Waals surface area contributed by atoms with Crippen LogP contribution in [-0.2, 0) is 13.6 Å². The Morgan fingerprint density at radius 1 is 0.929 bits per heavy atom. The largest absolute Gasteiger partial charge is 0.756 e. The highest BCUT2D eigenvalue weighted by molar-refractivity contribution is 7.46. The zero-order chi connectivity index (χ0) is 10.9. The summed E-state index contributed by atoms with van der Waals surface area (Å²) in [6.07, 6.45) is 0. The summed E-state index contributed by atoms with van der Waals surface area (Å²) in [4.78, 5) is 11.2. The molecule has 0 fully saturated rings. The minimum Gasteiger partial charge on any atom is -0.756 e. The van der Waals surface area contributed by atoms with Crippen LogP contribution in [0.5, 0.6) is 0 Å². The van der Waals surface area contributed by atoms with E-state index in [1.165, 1.54) is 0 Å². The van der Waals surface area contributed by atoms with Gasteiger partial charge in [0.25, 0.3) is 7.82 Å². The van der Waals surface area contributed by atoms with Crippen molar-refractivity contribution in [2.45, 2.75) is 52.7 Å². The molecule has 0 rings (SSSR count). The number of hydrogen-bond acceptors (Lipinski definition) is 4. The molecular formula is C8H22NO4P. The third-order valence-corrected chi connectivity index (χ3v) is 2.31. The molecule has 0 aromatic carbocycles. The van der Waals surface area contributed by atoms with Crippen LogP contribution in [0.15, 0.2) is 0 Å². The zero-order valence-electron chi connectivity index (χ0n) is 10.1. The van der Waals surface area contributed by atoms with Crippen molar-refractivity contribution in [1.29, 1.82) is 0 Å². The molecule has 88 valence electrons. The monoisotopic (exact) mass is 227 g/mol. The molecule has 0 saturated carbocycles. The van der Waals surface area contributed by atoms with Crippen molar-refractivity contribution >= 4 is 7.82 Å². The molecule has 5 nitrogen and oxygen atoms in total. The standard InChI is InChI=1S/C8H19O4P.H3N/c1-7(2,3)11-13(9,10)12-8(4,5)6;/h1-6H3,(H,9,10);1H3. The first-order chi connectivity index (χ1) is 5.41. The van der Waals surface area contributed by atoms with Gasteiger partial charge in [-0.25, -0.2) is 0 Å². The predicted octanol–water partition coefficient (Wildman–Crippen LogP) is 2.46. The predicted molar refractivity (Wildman–Crippen MR) is 55.3 cm³/mol. The first-order valence-corrected chi connectivity index (χ1v) is 5.60. The molecule has 0 radical (unpaired) electrons. The number of hydrogen-bond donors (Lipinski definition) is 1. The van der Waals surface area contributed by atoms with Crippen LogP contribution in [0.25, 0.3) is 0 Å². The number of phosphoric acid groups is 1. The van der Waals surface area contributed by atoms with Gasteiger partial charge in [-0.3, -0.25) is 4.57 Å². The fraction of sp³-hybridized carbons (Fsp3) is 1.00. The van der Waals surface area contributed by atoms with E-state index < -0.39 is 19.0 Å². The summed E-state index contributed by atoms with van der Waals surface area (Å²) >= 11 is 0. The lowest BCUT2D eigenvalue weighted by Crippen LogP contribution is -2.27. The lowest BCUT2D eigenvalue weighted by molar-refractivity contribution is -0.241. The fourth-order valence-electron chi connectivity index (χ4n) is 0.689. The molecule has 0 aliphatic carbocycles. The number of quaternary nitrogens is 1. The Bertz CT molecular complexity index is 196. The molecule has 0 saturated heterocycles. The maximum Gasteiger partial charge on any atom is 0.268 e. The van der Waals surface area contributed by atoms with Gasteiger partial charge in [0.15, 0.2) is 0 Å². The van der Waals surface area contributed by atoms with Gasteiger partial charge in [0.05, 0.1) is 11.2 Å². The number of rotatable bonds is 2. The highest BCUT2D eigenvalue weighted by atomic mass is 31.2. The van der Waals surface area contributed by atoms with Crippen LogP contribution in [0.4, 0.5) is 0 Å². The molecule has 0 atom stereocenters. The fourth-order valence-corrected chi connectivity index (χ4v) is 2.07. The molecule has 0 heterocycles. The average Bonchev–Trinajstić information content (AvgIpc) is 1.43. The van der Waals surface area contributed by atoms with Crippen molar-refractivity contribution in [3.05, 3.63) is 0 Å². The van der Waals surface area contributed by atoms with Crippen molar-refractivity contribution < 1.29 is 18.5 Å². The van der Waals surface area contributed by atoms with E-state index in [2.05, 4.69) is 0 Å². The van der Waals surface area contributed by atoms with Gasteiger partial charge in [-0.2, -0.15) is 0 Å². The lowest BCUT2D eigenvalue weighted by Gasteiger charge is -2.35. The second kappa shape index (κ2) is 4.73. The third-order valence-electron chi connectivity index (χ3n) is 0.771. The Morgan fingerprint density at radius 2 is 1.14 bits per heavy atom. The van der Waals surface area contributed by atoms with Crippen LogP contribution in [0, 0.1) is 0 Å². The Morgan fingerprint density at radius 3 is 1.29 bits per heavy atom. The molecular weight excluding hydrogens is 205 g/mol. The smallest absolute Gasteiger partial charge is 0.268 e. The van der Waals surface area contributed by atoms with Gasteiger partial charge < -0.3 is 20.1 Å². The molecule has 6 heteroatoms. The van der Waals surface area contributed by atoms with Crippen molar-refractivity contribution in [3.8, 4) is 0 Å². The van der Waals surface area contributed by atoms with Crippen LogP contribution >= 0.6 is 7.82 Å². The average molecular weight is 227 g/mol. The van der Waals surface area contributed by atoms with Gasteiger partial charge in [-0.05, 0) is 41.5 Å². The van der Waals surface area contributed by atoms with E-state index in [-0.39, 0.29) is 6.15 Å². The molecule has 0 bridgehead atoms. The molecule has 0 aliphatic rings. The molecule has 0 spiro atoms. The molecule has 0 aromatic rings. The molecule has 0 amide bonds. The van der Waals surface area contributed by atoms with Crippen LogP contribution in [-0.4, -0.2) is 11.2 Å². The summed E-state index contributed by atoms with van der Waals surface area (Å²) in [6, 6.07) is 0. The topological polar surface area (TPSA) is 95.1 Å². The van der Waals surface area contributed by atoms with E-state index in [1.807, 2.05) is 0 Å². The summed E-state index contributed by atoms with van der Waals surface area (Å²) < 4.78 is 20.8. The van der Waals surface area contributed by atoms with Crippen molar-refractivity contribution in [3.63, 3.8) is 0 Å². The van der Waals surface area contributed by atoms with E-state index in [9.17, 15) is 9.46 Å². The van der Waals surface area contributed by atoms with E-state index in [4.69, 9.17) is 9.05 Å². The first-order valence-electron chi connectivity index (χ1n) is 4.14. The third kappa shape index (κ3) is 10.2. The quantitative estimate of drug-likeness (QED) is 0.733. The van der Waals surface area contributed by atoms with E-state index in [0.717, 1.165) is 0 Å². The van der Waals surface area contributed by atoms with Crippen LogP contribution in [0.1, 0.15) is 41.5 Å². The maximum atomic E-state index is 11.2. The van der Waals surface area contributed by atoms with Crippen LogP contribution < -0.4 is 11.0 Å². The minimum atomic E-state index is -4.19. The minimum absolute atomic E-state index is 0. The maximum absolute atomic E-state index is 11.2. The molecule has 0 aromatic heterocycles. The summed E-state index contributed by atoms with van der Waals surface area (Å²) in [5.74, 6) is 0. The van der Waals surface area contributed by atoms with Gasteiger partial charge in [0.1, 0.15) is 0 Å². The Kier molecular flexibility index (Phi) is 5.57. The van der Waals surface area contributed by atoms with Crippen molar-refractivity contribution in [2.24, 2.45) is 0 Å². The SMILES string of the molecule is CC(C)(C)OP(=O)([O-])OC(C)(C)C.[NH4+].